The molecule has 0 saturated carbocycles. The quantitative estimate of drug-likeness (QED) is 0.133. The smallest absolute Gasteiger partial charge is 0.264 e. The van der Waals surface area contributed by atoms with E-state index in [2.05, 4.69) is 46.0 Å². The Kier molecular flexibility index (Phi) is 12.8. The number of sulfone groups is 1. The molecule has 64 heavy (non-hydrogen) atoms. The normalized spacial score (nSPS) is 18.6. The van der Waals surface area contributed by atoms with Gasteiger partial charge in [-0.05, 0) is 69.5 Å². The molecule has 5 heterocycles. The van der Waals surface area contributed by atoms with Gasteiger partial charge < -0.3 is 30.5 Å². The molecule has 3 saturated heterocycles. The van der Waals surface area contributed by atoms with E-state index in [-0.39, 0.29) is 59.6 Å². The lowest BCUT2D eigenvalue weighted by molar-refractivity contribution is -0.136. The van der Waals surface area contributed by atoms with Crippen molar-refractivity contribution in [1.29, 1.82) is 0 Å². The van der Waals surface area contributed by atoms with Crippen molar-refractivity contribution in [1.82, 2.24) is 35.0 Å². The van der Waals surface area contributed by atoms with Crippen molar-refractivity contribution in [2.24, 2.45) is 0 Å². The fraction of sp³-hybridized carbons (Fsp3) is 0.409. The number of methoxy groups -OCH3 is 1. The highest BCUT2D eigenvalue weighted by Gasteiger charge is 2.45. The van der Waals surface area contributed by atoms with E-state index in [1.807, 2.05) is 23.1 Å². The summed E-state index contributed by atoms with van der Waals surface area (Å²) in [6, 6.07) is 16.8. The van der Waals surface area contributed by atoms with Gasteiger partial charge in [0.25, 0.3) is 11.8 Å². The Balaban J connectivity index is 0.797. The first-order valence-electron chi connectivity index (χ1n) is 21.4. The van der Waals surface area contributed by atoms with Crippen LogP contribution in [-0.4, -0.2) is 138 Å². The second-order valence-corrected chi connectivity index (χ2v) is 18.8. The van der Waals surface area contributed by atoms with Crippen molar-refractivity contribution >= 4 is 74.0 Å². The van der Waals surface area contributed by atoms with Crippen molar-refractivity contribution in [3.8, 4) is 5.75 Å². The van der Waals surface area contributed by atoms with Gasteiger partial charge in [-0.3, -0.25) is 39.1 Å². The summed E-state index contributed by atoms with van der Waals surface area (Å²) in [6.07, 6.45) is 3.59. The second-order valence-electron chi connectivity index (χ2n) is 16.3. The summed E-state index contributed by atoms with van der Waals surface area (Å²) in [6.45, 7) is 8.01. The van der Waals surface area contributed by atoms with Crippen LogP contribution in [0.3, 0.4) is 0 Å². The van der Waals surface area contributed by atoms with Gasteiger partial charge in [0.1, 0.15) is 18.1 Å². The average molecular weight is 894 g/mol. The third-order valence-corrected chi connectivity index (χ3v) is 14.4. The van der Waals surface area contributed by atoms with Crippen molar-refractivity contribution in [3.05, 3.63) is 78.1 Å². The highest BCUT2D eigenvalue weighted by atomic mass is 32.2. The molecule has 336 valence electrons. The van der Waals surface area contributed by atoms with E-state index in [9.17, 15) is 32.4 Å². The summed E-state index contributed by atoms with van der Waals surface area (Å²) in [7, 11) is -1.95. The largest absolute Gasteiger partial charge is 0.494 e. The zero-order chi connectivity index (χ0) is 45.1. The summed E-state index contributed by atoms with van der Waals surface area (Å²) >= 11 is 0. The SMILES string of the molecule is COc1cc(N2CCC(N3CCN(C(=O)CCNc4cccc5c4C(=O)N(C4CCC(=O)NC4=O)C5=O)CC3)CC2)ccc1Nc1ncnc(Nc2ccccc2S(=O)(=O)C(C)C)n1. The molecule has 1 aromatic heterocycles. The number of amides is 5. The standard InChI is InChI=1S/C44H51N11O8S/c1-27(2)64(61,62)36-10-5-4-8-32(36)49-44-47-26-46-43(51-44)48-31-12-11-29(25-35(31)63-3)52-19-16-28(17-20-52)53-21-23-54(24-22-53)38(57)15-18-45-33-9-6-7-30-39(33)42(60)55(41(30)59)34-13-14-37(56)50-40(34)58/h4-12,25-28,34,45H,13-24H2,1-3H3,(H,50,56,58)(H2,46,47,48,49,51). The third-order valence-electron chi connectivity index (χ3n) is 12.2. The van der Waals surface area contributed by atoms with E-state index in [4.69, 9.17) is 4.74 Å². The van der Waals surface area contributed by atoms with Crippen LogP contribution in [0, 0.1) is 0 Å². The number of ether oxygens (including phenoxy) is 1. The Morgan fingerprint density at radius 2 is 1.55 bits per heavy atom. The van der Waals surface area contributed by atoms with E-state index in [0.717, 1.165) is 49.6 Å². The molecule has 0 spiro atoms. The number of piperazine rings is 1. The molecule has 1 atom stereocenters. The van der Waals surface area contributed by atoms with Crippen LogP contribution in [0.1, 0.15) is 66.7 Å². The van der Waals surface area contributed by atoms with Crippen LogP contribution in [0.5, 0.6) is 5.75 Å². The van der Waals surface area contributed by atoms with Crippen molar-refractivity contribution in [3.63, 3.8) is 0 Å². The molecule has 4 aliphatic rings. The van der Waals surface area contributed by atoms with Crippen molar-refractivity contribution in [2.75, 3.05) is 73.8 Å². The van der Waals surface area contributed by atoms with Gasteiger partial charge in [0.2, 0.25) is 29.6 Å². The lowest BCUT2D eigenvalue weighted by Gasteiger charge is -2.43. The van der Waals surface area contributed by atoms with Crippen LogP contribution in [0.2, 0.25) is 0 Å². The van der Waals surface area contributed by atoms with Crippen LogP contribution < -0.4 is 30.9 Å². The number of imide groups is 2. The highest BCUT2D eigenvalue weighted by molar-refractivity contribution is 7.92. The fourth-order valence-electron chi connectivity index (χ4n) is 8.66. The number of fused-ring (bicyclic) bond motifs is 1. The molecular weight excluding hydrogens is 843 g/mol. The maximum Gasteiger partial charge on any atom is 0.264 e. The van der Waals surface area contributed by atoms with E-state index < -0.39 is 44.8 Å². The lowest BCUT2D eigenvalue weighted by atomic mass is 10.0. The highest BCUT2D eigenvalue weighted by Crippen LogP contribution is 2.35. The average Bonchev–Trinajstić information content (AvgIpc) is 3.55. The number of rotatable bonds is 14. The monoisotopic (exact) mass is 893 g/mol. The van der Waals surface area contributed by atoms with Gasteiger partial charge in [0.15, 0.2) is 9.84 Å². The summed E-state index contributed by atoms with van der Waals surface area (Å²) in [5.74, 6) is -1.24. The number of hydrogen-bond donors (Lipinski definition) is 4. The number of nitrogens with one attached hydrogen (secondary N) is 4. The number of benzene rings is 3. The molecular formula is C44H51N11O8S. The van der Waals surface area contributed by atoms with E-state index in [0.29, 0.717) is 41.9 Å². The molecule has 0 aliphatic carbocycles. The Labute approximate surface area is 370 Å². The summed E-state index contributed by atoms with van der Waals surface area (Å²) in [5, 5.41) is 11.0. The van der Waals surface area contributed by atoms with E-state index >= 15 is 0 Å². The molecule has 4 aromatic rings. The maximum atomic E-state index is 13.4. The van der Waals surface area contributed by atoms with Crippen LogP contribution in [0.4, 0.5) is 34.6 Å². The molecule has 4 aliphatic heterocycles. The van der Waals surface area contributed by atoms with Gasteiger partial charge in [0, 0.05) is 82.1 Å². The van der Waals surface area contributed by atoms with Gasteiger partial charge >= 0.3 is 0 Å². The number of piperidine rings is 2. The van der Waals surface area contributed by atoms with E-state index in [1.54, 1.807) is 63.4 Å². The van der Waals surface area contributed by atoms with Gasteiger partial charge in [-0.2, -0.15) is 4.98 Å². The lowest BCUT2D eigenvalue weighted by Crippen LogP contribution is -2.54. The van der Waals surface area contributed by atoms with E-state index in [1.165, 1.54) is 6.33 Å². The Hall–Kier alpha value is -6.67. The Morgan fingerprint density at radius 3 is 2.25 bits per heavy atom. The molecule has 3 aromatic carbocycles. The number of carbonyl (C=O) groups excluding carboxylic acids is 5. The number of nitrogens with zero attached hydrogens (tertiary/aromatic N) is 7. The number of para-hydroxylation sites is 1. The van der Waals surface area contributed by atoms with Crippen LogP contribution in [0.15, 0.2) is 71.9 Å². The van der Waals surface area contributed by atoms with Crippen LogP contribution >= 0.6 is 0 Å². The van der Waals surface area contributed by atoms with Gasteiger partial charge in [-0.25, -0.2) is 18.4 Å². The summed E-state index contributed by atoms with van der Waals surface area (Å²) < 4.78 is 31.7. The van der Waals surface area contributed by atoms with Crippen molar-refractivity contribution < 1.29 is 37.1 Å². The number of carbonyl (C=O) groups is 5. The Bertz CT molecular complexity index is 2580. The molecule has 4 N–H and O–H groups in total. The fourth-order valence-corrected chi connectivity index (χ4v) is 9.86. The number of hydrogen-bond acceptors (Lipinski definition) is 16. The first-order chi connectivity index (χ1) is 30.8. The predicted molar refractivity (Wildman–Crippen MR) is 238 cm³/mol. The topological polar surface area (TPSA) is 228 Å². The summed E-state index contributed by atoms with van der Waals surface area (Å²) in [4.78, 5) is 84.7. The van der Waals surface area contributed by atoms with Gasteiger partial charge in [-0.1, -0.05) is 18.2 Å². The maximum absolute atomic E-state index is 13.4. The number of anilines is 6. The molecule has 5 amide bonds. The second kappa shape index (κ2) is 18.6. The summed E-state index contributed by atoms with van der Waals surface area (Å²) in [5.41, 5.74) is 2.82. The molecule has 8 rings (SSSR count). The minimum atomic E-state index is -3.55. The minimum absolute atomic E-state index is 0.00195. The Morgan fingerprint density at radius 1 is 0.844 bits per heavy atom. The third kappa shape index (κ3) is 9.05. The number of aromatic nitrogens is 3. The first-order valence-corrected chi connectivity index (χ1v) is 23.0. The minimum Gasteiger partial charge on any atom is -0.494 e. The molecule has 0 radical (unpaired) electrons. The first kappa shape index (κ1) is 44.0. The van der Waals surface area contributed by atoms with Crippen LogP contribution in [-0.2, 0) is 24.2 Å². The molecule has 1 unspecified atom stereocenters. The molecule has 3 fully saturated rings. The predicted octanol–water partition coefficient (Wildman–Crippen LogP) is 3.57. The van der Waals surface area contributed by atoms with Crippen molar-refractivity contribution in [2.45, 2.75) is 68.2 Å². The van der Waals surface area contributed by atoms with Gasteiger partial charge in [0.05, 0.1) is 39.8 Å². The molecule has 20 heteroatoms. The molecule has 0 bridgehead atoms. The molecule has 19 nitrogen and oxygen atoms in total. The zero-order valence-electron chi connectivity index (χ0n) is 35.9. The van der Waals surface area contributed by atoms with Crippen LogP contribution in [0.25, 0.3) is 0 Å². The zero-order valence-corrected chi connectivity index (χ0v) is 36.7. The van der Waals surface area contributed by atoms with Gasteiger partial charge in [-0.15, -0.1) is 0 Å².